The first-order chi connectivity index (χ1) is 15.0. The summed E-state index contributed by atoms with van der Waals surface area (Å²) in [7, 11) is 0. The van der Waals surface area contributed by atoms with Crippen LogP contribution in [0.25, 0.3) is 32.7 Å². The Balaban J connectivity index is 1.65. The zero-order valence-corrected chi connectivity index (χ0v) is 17.5. The summed E-state index contributed by atoms with van der Waals surface area (Å²) in [5, 5.41) is 3.95. The number of hydrogen-bond acceptors (Lipinski definition) is 1. The van der Waals surface area contributed by atoms with Gasteiger partial charge in [-0.1, -0.05) is 68.7 Å². The van der Waals surface area contributed by atoms with Crippen LogP contribution >= 0.6 is 0 Å². The molecule has 0 heterocycles. The van der Waals surface area contributed by atoms with Gasteiger partial charge in [0.15, 0.2) is 0 Å². The fraction of sp³-hybridized carbons (Fsp3) is 0.259. The van der Waals surface area contributed by atoms with Gasteiger partial charge in [-0.05, 0) is 69.8 Å². The Kier molecular flexibility index (Phi) is 6.45. The SMILES string of the molecule is CCCCCCc1ccc2c(ccc3cc(-c4ccc(OC(F)F)cc4)c(F)cc32)c1. The Bertz CT molecular complexity index is 1180. The summed E-state index contributed by atoms with van der Waals surface area (Å²) >= 11 is 0. The molecule has 0 fully saturated rings. The second kappa shape index (κ2) is 9.42. The average molecular weight is 422 g/mol. The van der Waals surface area contributed by atoms with E-state index in [0.29, 0.717) is 11.1 Å². The minimum absolute atomic E-state index is 0.0523. The van der Waals surface area contributed by atoms with Crippen LogP contribution in [0.15, 0.2) is 66.7 Å². The third kappa shape index (κ3) is 4.84. The molecule has 0 aliphatic carbocycles. The normalized spacial score (nSPS) is 11.5. The van der Waals surface area contributed by atoms with Crippen molar-refractivity contribution in [1.29, 1.82) is 0 Å². The standard InChI is InChI=1S/C27H25F3O/c1-2-3-4-5-6-18-7-14-23-20(15-18)8-9-21-16-25(26(28)17-24(21)23)19-10-12-22(13-11-19)31-27(29)30/h7-17,27H,2-6H2,1H3. The van der Waals surface area contributed by atoms with E-state index in [-0.39, 0.29) is 11.6 Å². The Morgan fingerprint density at radius 2 is 1.52 bits per heavy atom. The Morgan fingerprint density at radius 3 is 2.23 bits per heavy atom. The Labute approximate surface area is 180 Å². The molecule has 1 nitrogen and oxygen atoms in total. The third-order valence-electron chi connectivity index (χ3n) is 5.70. The highest BCUT2D eigenvalue weighted by atomic mass is 19.3. The monoisotopic (exact) mass is 422 g/mol. The molecule has 0 unspecified atom stereocenters. The molecule has 0 bridgehead atoms. The van der Waals surface area contributed by atoms with Gasteiger partial charge in [-0.15, -0.1) is 0 Å². The third-order valence-corrected chi connectivity index (χ3v) is 5.70. The molecule has 160 valence electrons. The molecule has 0 N–H and O–H groups in total. The number of aryl methyl sites for hydroxylation is 1. The van der Waals surface area contributed by atoms with E-state index in [1.807, 2.05) is 12.1 Å². The quantitative estimate of drug-likeness (QED) is 0.204. The van der Waals surface area contributed by atoms with Crippen molar-refractivity contribution in [3.8, 4) is 16.9 Å². The molecule has 4 aromatic carbocycles. The van der Waals surface area contributed by atoms with Gasteiger partial charge < -0.3 is 4.74 Å². The van der Waals surface area contributed by atoms with Crippen LogP contribution in [0.5, 0.6) is 5.75 Å². The molecule has 0 aromatic heterocycles. The van der Waals surface area contributed by atoms with Crippen LogP contribution in [0.1, 0.15) is 38.2 Å². The van der Waals surface area contributed by atoms with Crippen molar-refractivity contribution >= 4 is 21.5 Å². The first-order valence-electron chi connectivity index (χ1n) is 10.8. The van der Waals surface area contributed by atoms with Gasteiger partial charge in [0, 0.05) is 5.56 Å². The maximum absolute atomic E-state index is 15.0. The van der Waals surface area contributed by atoms with Gasteiger partial charge >= 0.3 is 6.61 Å². The van der Waals surface area contributed by atoms with Gasteiger partial charge in [-0.3, -0.25) is 0 Å². The summed E-state index contributed by atoms with van der Waals surface area (Å²) < 4.78 is 44.1. The molecule has 0 radical (unpaired) electrons. The highest BCUT2D eigenvalue weighted by Crippen LogP contribution is 2.33. The first-order valence-corrected chi connectivity index (χ1v) is 10.8. The lowest BCUT2D eigenvalue weighted by molar-refractivity contribution is -0.0498. The summed E-state index contributed by atoms with van der Waals surface area (Å²) in [6, 6.07) is 19.9. The molecule has 4 aromatic rings. The minimum Gasteiger partial charge on any atom is -0.435 e. The van der Waals surface area contributed by atoms with Crippen molar-refractivity contribution in [3.63, 3.8) is 0 Å². The lowest BCUT2D eigenvalue weighted by atomic mass is 9.95. The first kappa shape index (κ1) is 21.2. The van der Waals surface area contributed by atoms with Crippen LogP contribution in [0.4, 0.5) is 13.2 Å². The molecular formula is C27H25F3O. The second-order valence-electron chi connectivity index (χ2n) is 7.89. The van der Waals surface area contributed by atoms with E-state index < -0.39 is 6.61 Å². The van der Waals surface area contributed by atoms with Crippen LogP contribution in [0.2, 0.25) is 0 Å². The molecule has 0 aliphatic rings. The predicted molar refractivity (Wildman–Crippen MR) is 121 cm³/mol. The molecule has 0 atom stereocenters. The van der Waals surface area contributed by atoms with Gasteiger partial charge in [0.1, 0.15) is 11.6 Å². The molecule has 0 saturated heterocycles. The zero-order chi connectivity index (χ0) is 21.8. The van der Waals surface area contributed by atoms with Crippen molar-refractivity contribution in [2.45, 2.75) is 45.6 Å². The number of ether oxygens (including phenoxy) is 1. The van der Waals surface area contributed by atoms with Gasteiger partial charge in [0.2, 0.25) is 0 Å². The number of alkyl halides is 2. The van der Waals surface area contributed by atoms with Gasteiger partial charge in [0.25, 0.3) is 0 Å². The van der Waals surface area contributed by atoms with Crippen LogP contribution in [0.3, 0.4) is 0 Å². The summed E-state index contributed by atoms with van der Waals surface area (Å²) in [5.41, 5.74) is 2.36. The van der Waals surface area contributed by atoms with Crippen LogP contribution in [-0.2, 0) is 6.42 Å². The summed E-state index contributed by atoms with van der Waals surface area (Å²) in [4.78, 5) is 0. The fourth-order valence-electron chi connectivity index (χ4n) is 4.08. The van der Waals surface area contributed by atoms with E-state index in [0.717, 1.165) is 28.0 Å². The van der Waals surface area contributed by atoms with E-state index in [2.05, 4.69) is 35.9 Å². The number of unbranched alkanes of at least 4 members (excludes halogenated alkanes) is 3. The summed E-state index contributed by atoms with van der Waals surface area (Å²) in [6.07, 6.45) is 5.99. The molecule has 4 heteroatoms. The highest BCUT2D eigenvalue weighted by molar-refractivity contribution is 6.08. The lowest BCUT2D eigenvalue weighted by Gasteiger charge is -2.11. The van der Waals surface area contributed by atoms with E-state index in [4.69, 9.17) is 0 Å². The molecule has 0 aliphatic heterocycles. The van der Waals surface area contributed by atoms with Crippen LogP contribution in [0, 0.1) is 5.82 Å². The Hall–Kier alpha value is -3.01. The maximum Gasteiger partial charge on any atom is 0.387 e. The summed E-state index contributed by atoms with van der Waals surface area (Å²) in [6.45, 7) is -0.670. The van der Waals surface area contributed by atoms with Crippen molar-refractivity contribution in [2.24, 2.45) is 0 Å². The van der Waals surface area contributed by atoms with Gasteiger partial charge in [-0.25, -0.2) is 4.39 Å². The molecule has 4 rings (SSSR count). The topological polar surface area (TPSA) is 9.23 Å². The second-order valence-corrected chi connectivity index (χ2v) is 7.89. The number of rotatable bonds is 8. The zero-order valence-electron chi connectivity index (χ0n) is 17.5. The van der Waals surface area contributed by atoms with E-state index >= 15 is 4.39 Å². The van der Waals surface area contributed by atoms with Crippen LogP contribution in [-0.4, -0.2) is 6.61 Å². The molecule has 31 heavy (non-hydrogen) atoms. The van der Waals surface area contributed by atoms with E-state index in [9.17, 15) is 8.78 Å². The fourth-order valence-corrected chi connectivity index (χ4v) is 4.08. The molecular weight excluding hydrogens is 397 g/mol. The lowest BCUT2D eigenvalue weighted by Crippen LogP contribution is -2.01. The van der Waals surface area contributed by atoms with Gasteiger partial charge in [-0.2, -0.15) is 8.78 Å². The molecule has 0 spiro atoms. The largest absolute Gasteiger partial charge is 0.435 e. The highest BCUT2D eigenvalue weighted by Gasteiger charge is 2.11. The summed E-state index contributed by atoms with van der Waals surface area (Å²) in [5.74, 6) is -0.289. The Morgan fingerprint density at radius 1 is 0.774 bits per heavy atom. The smallest absolute Gasteiger partial charge is 0.387 e. The van der Waals surface area contributed by atoms with Crippen LogP contribution < -0.4 is 4.74 Å². The van der Waals surface area contributed by atoms with Crippen molar-refractivity contribution in [2.75, 3.05) is 0 Å². The van der Waals surface area contributed by atoms with E-state index in [1.54, 1.807) is 18.2 Å². The number of hydrogen-bond donors (Lipinski definition) is 0. The molecule has 0 saturated carbocycles. The van der Waals surface area contributed by atoms with Crippen molar-refractivity contribution in [1.82, 2.24) is 0 Å². The van der Waals surface area contributed by atoms with Crippen molar-refractivity contribution in [3.05, 3.63) is 78.1 Å². The average Bonchev–Trinajstić information content (AvgIpc) is 2.76. The van der Waals surface area contributed by atoms with E-state index in [1.165, 1.54) is 43.4 Å². The number of halogens is 3. The van der Waals surface area contributed by atoms with Crippen molar-refractivity contribution < 1.29 is 17.9 Å². The van der Waals surface area contributed by atoms with Gasteiger partial charge in [0.05, 0.1) is 0 Å². The number of benzene rings is 4. The predicted octanol–water partition coefficient (Wildman–Crippen LogP) is 8.52. The minimum atomic E-state index is -2.88. The molecule has 0 amide bonds. The number of fused-ring (bicyclic) bond motifs is 3. The maximum atomic E-state index is 15.0.